The van der Waals surface area contributed by atoms with Crippen LogP contribution in [0.3, 0.4) is 0 Å². The normalized spacial score (nSPS) is 19.5. The molecule has 1 aliphatic heterocycles. The molecule has 28 heavy (non-hydrogen) atoms. The van der Waals surface area contributed by atoms with Crippen molar-refractivity contribution in [2.75, 3.05) is 13.1 Å². The summed E-state index contributed by atoms with van der Waals surface area (Å²) in [4.78, 5) is 12.8. The Hall–Kier alpha value is -2.16. The van der Waals surface area contributed by atoms with Crippen LogP contribution in [-0.2, 0) is 14.8 Å². The first-order chi connectivity index (χ1) is 13.4. The highest BCUT2D eigenvalue weighted by atomic mass is 32.2. The average molecular weight is 419 g/mol. The molecule has 0 aliphatic carbocycles. The molecule has 0 spiro atoms. The molecule has 0 bridgehead atoms. The van der Waals surface area contributed by atoms with Crippen molar-refractivity contribution in [3.8, 4) is 0 Å². The molecule has 0 radical (unpaired) electrons. The first-order valence-corrected chi connectivity index (χ1v) is 11.6. The molecule has 1 aliphatic rings. The number of furan rings is 1. The van der Waals surface area contributed by atoms with E-state index in [4.69, 9.17) is 4.42 Å². The minimum atomic E-state index is -3.53. The number of hydrogen-bond donors (Lipinski definition) is 1. The zero-order chi connectivity index (χ0) is 19.7. The number of carbonyl (C=O) groups excluding carboxylic acids is 1. The summed E-state index contributed by atoms with van der Waals surface area (Å²) >= 11 is 1.20. The number of carbonyl (C=O) groups is 1. The summed E-state index contributed by atoms with van der Waals surface area (Å²) < 4.78 is 33.1. The Morgan fingerprint density at radius 2 is 2.11 bits per heavy atom. The zero-order valence-electron chi connectivity index (χ0n) is 15.5. The van der Waals surface area contributed by atoms with Crippen molar-refractivity contribution >= 4 is 38.2 Å². The summed E-state index contributed by atoms with van der Waals surface area (Å²) in [6, 6.07) is 12.7. The monoisotopic (exact) mass is 418 g/mol. The molecule has 1 N–H and O–H groups in total. The van der Waals surface area contributed by atoms with Gasteiger partial charge in [-0.15, -0.1) is 11.3 Å². The van der Waals surface area contributed by atoms with E-state index in [1.807, 2.05) is 37.3 Å². The molecule has 8 heteroatoms. The largest absolute Gasteiger partial charge is 0.459 e. The van der Waals surface area contributed by atoms with Gasteiger partial charge in [0, 0.05) is 18.5 Å². The van der Waals surface area contributed by atoms with Gasteiger partial charge in [-0.25, -0.2) is 8.42 Å². The molecule has 1 amide bonds. The number of rotatable bonds is 5. The first-order valence-electron chi connectivity index (χ1n) is 9.27. The van der Waals surface area contributed by atoms with E-state index in [2.05, 4.69) is 5.32 Å². The summed E-state index contributed by atoms with van der Waals surface area (Å²) in [6.07, 6.45) is 1.34. The molecule has 1 aromatic carbocycles. The van der Waals surface area contributed by atoms with E-state index in [1.54, 1.807) is 17.5 Å². The molecule has 1 fully saturated rings. The summed E-state index contributed by atoms with van der Waals surface area (Å²) in [6.45, 7) is 2.53. The lowest BCUT2D eigenvalue weighted by Gasteiger charge is -2.31. The minimum Gasteiger partial charge on any atom is -0.459 e. The second-order valence-corrected chi connectivity index (χ2v) is 10.2. The maximum Gasteiger partial charge on any atom is 0.252 e. The van der Waals surface area contributed by atoms with Gasteiger partial charge in [-0.3, -0.25) is 4.79 Å². The van der Waals surface area contributed by atoms with E-state index in [0.29, 0.717) is 29.4 Å². The Balaban J connectivity index is 1.44. The molecular weight excluding hydrogens is 396 g/mol. The van der Waals surface area contributed by atoms with Crippen LogP contribution in [-0.4, -0.2) is 31.7 Å². The number of fused-ring (bicyclic) bond motifs is 1. The quantitative estimate of drug-likeness (QED) is 0.684. The Bertz CT molecular complexity index is 1040. The Labute approximate surface area is 168 Å². The fraction of sp³-hybridized carbons (Fsp3) is 0.350. The predicted octanol–water partition coefficient (Wildman–Crippen LogP) is 3.77. The van der Waals surface area contributed by atoms with Gasteiger partial charge in [0.1, 0.15) is 15.6 Å². The molecule has 3 heterocycles. The second-order valence-electron chi connectivity index (χ2n) is 7.05. The number of benzene rings is 1. The molecular formula is C20H22N2O4S2. The van der Waals surface area contributed by atoms with Crippen LogP contribution in [0.1, 0.15) is 31.6 Å². The number of sulfonamides is 1. The molecule has 2 atom stereocenters. The number of hydrogen-bond acceptors (Lipinski definition) is 5. The third kappa shape index (κ3) is 3.72. The fourth-order valence-corrected chi connectivity index (χ4v) is 6.20. The van der Waals surface area contributed by atoms with Gasteiger partial charge < -0.3 is 9.73 Å². The summed E-state index contributed by atoms with van der Waals surface area (Å²) in [5, 5.41) is 5.72. The molecule has 0 saturated carbocycles. The lowest BCUT2D eigenvalue weighted by molar-refractivity contribution is -0.126. The van der Waals surface area contributed by atoms with Crippen LogP contribution >= 0.6 is 11.3 Å². The Morgan fingerprint density at radius 1 is 1.29 bits per heavy atom. The van der Waals surface area contributed by atoms with Crippen LogP contribution in [0.5, 0.6) is 0 Å². The maximum atomic E-state index is 12.8. The first kappa shape index (κ1) is 19.2. The van der Waals surface area contributed by atoms with Crippen LogP contribution in [0.4, 0.5) is 0 Å². The van der Waals surface area contributed by atoms with Gasteiger partial charge in [0.05, 0.1) is 12.0 Å². The van der Waals surface area contributed by atoms with Crippen molar-refractivity contribution in [1.29, 1.82) is 0 Å². The van der Waals surface area contributed by atoms with Crippen molar-refractivity contribution in [1.82, 2.24) is 9.62 Å². The van der Waals surface area contributed by atoms with E-state index in [1.165, 1.54) is 15.6 Å². The number of piperidine rings is 1. The van der Waals surface area contributed by atoms with E-state index in [9.17, 15) is 13.2 Å². The number of para-hydroxylation sites is 1. The van der Waals surface area contributed by atoms with E-state index < -0.39 is 10.0 Å². The zero-order valence-corrected chi connectivity index (χ0v) is 17.1. The standard InChI is InChI=1S/C20H22N2O4S2/c1-14(18-12-15-6-2-3-8-17(15)26-18)21-20(23)16-7-4-10-22(13-16)28(24,25)19-9-5-11-27-19/h2-3,5-6,8-9,11-12,14,16H,4,7,10,13H2,1H3,(H,21,23). The highest BCUT2D eigenvalue weighted by Gasteiger charge is 2.34. The number of nitrogens with one attached hydrogen (secondary N) is 1. The number of nitrogens with zero attached hydrogens (tertiary/aromatic N) is 1. The molecule has 1 saturated heterocycles. The van der Waals surface area contributed by atoms with Crippen LogP contribution in [0, 0.1) is 5.92 Å². The maximum absolute atomic E-state index is 12.8. The topological polar surface area (TPSA) is 79.6 Å². The molecule has 6 nitrogen and oxygen atoms in total. The molecule has 3 aromatic rings. The summed E-state index contributed by atoms with van der Waals surface area (Å²) in [5.74, 6) is 0.183. The van der Waals surface area contributed by atoms with Crippen molar-refractivity contribution < 1.29 is 17.6 Å². The lowest BCUT2D eigenvalue weighted by atomic mass is 9.98. The average Bonchev–Trinajstić information content (AvgIpc) is 3.38. The van der Waals surface area contributed by atoms with Crippen LogP contribution in [0.15, 0.2) is 56.5 Å². The molecule has 2 aromatic heterocycles. The van der Waals surface area contributed by atoms with Crippen molar-refractivity contribution in [2.45, 2.75) is 30.0 Å². The van der Waals surface area contributed by atoms with Crippen molar-refractivity contribution in [3.05, 3.63) is 53.6 Å². The van der Waals surface area contributed by atoms with Gasteiger partial charge in [0.2, 0.25) is 5.91 Å². The van der Waals surface area contributed by atoms with Gasteiger partial charge >= 0.3 is 0 Å². The van der Waals surface area contributed by atoms with Crippen LogP contribution < -0.4 is 5.32 Å². The SMILES string of the molecule is CC(NC(=O)C1CCCN(S(=O)(=O)c2cccs2)C1)c1cc2ccccc2o1. The Morgan fingerprint density at radius 3 is 2.86 bits per heavy atom. The minimum absolute atomic E-state index is 0.140. The van der Waals surface area contributed by atoms with E-state index >= 15 is 0 Å². The van der Waals surface area contributed by atoms with Crippen molar-refractivity contribution in [3.63, 3.8) is 0 Å². The predicted molar refractivity (Wildman–Crippen MR) is 109 cm³/mol. The third-order valence-electron chi connectivity index (χ3n) is 5.07. The Kier molecular flexibility index (Phi) is 5.27. The number of thiophene rings is 1. The summed E-state index contributed by atoms with van der Waals surface area (Å²) in [7, 11) is -3.53. The van der Waals surface area contributed by atoms with Gasteiger partial charge in [-0.05, 0) is 43.3 Å². The molecule has 2 unspecified atom stereocenters. The van der Waals surface area contributed by atoms with Gasteiger partial charge in [-0.2, -0.15) is 4.31 Å². The highest BCUT2D eigenvalue weighted by molar-refractivity contribution is 7.91. The second kappa shape index (κ2) is 7.69. The third-order valence-corrected chi connectivity index (χ3v) is 8.31. The lowest BCUT2D eigenvalue weighted by Crippen LogP contribution is -2.45. The van der Waals surface area contributed by atoms with Crippen molar-refractivity contribution in [2.24, 2.45) is 5.92 Å². The van der Waals surface area contributed by atoms with Crippen LogP contribution in [0.25, 0.3) is 11.0 Å². The highest BCUT2D eigenvalue weighted by Crippen LogP contribution is 2.28. The molecule has 4 rings (SSSR count). The van der Waals surface area contributed by atoms with E-state index in [0.717, 1.165) is 11.0 Å². The fourth-order valence-electron chi connectivity index (χ4n) is 3.53. The van der Waals surface area contributed by atoms with Gasteiger partial charge in [-0.1, -0.05) is 24.3 Å². The van der Waals surface area contributed by atoms with Gasteiger partial charge in [0.25, 0.3) is 10.0 Å². The van der Waals surface area contributed by atoms with E-state index in [-0.39, 0.29) is 24.4 Å². The van der Waals surface area contributed by atoms with Gasteiger partial charge in [0.15, 0.2) is 0 Å². The van der Waals surface area contributed by atoms with Crippen LogP contribution in [0.2, 0.25) is 0 Å². The number of amides is 1. The molecule has 148 valence electrons. The smallest absolute Gasteiger partial charge is 0.252 e. The summed E-state index contributed by atoms with van der Waals surface area (Å²) in [5.41, 5.74) is 0.782.